The van der Waals surface area contributed by atoms with Gasteiger partial charge in [-0.15, -0.1) is 0 Å². The minimum absolute atomic E-state index is 0.138. The van der Waals surface area contributed by atoms with Gasteiger partial charge < -0.3 is 9.15 Å². The van der Waals surface area contributed by atoms with Crippen molar-refractivity contribution in [1.82, 2.24) is 10.4 Å². The van der Waals surface area contributed by atoms with E-state index in [0.29, 0.717) is 46.7 Å². The number of furan rings is 1. The number of amides is 1. The van der Waals surface area contributed by atoms with E-state index in [1.165, 1.54) is 0 Å². The van der Waals surface area contributed by atoms with Crippen molar-refractivity contribution in [2.45, 2.75) is 40.0 Å². The molecular weight excluding hydrogens is 442 g/mol. The van der Waals surface area contributed by atoms with E-state index in [2.05, 4.69) is 15.5 Å². The van der Waals surface area contributed by atoms with Crippen molar-refractivity contribution < 1.29 is 18.7 Å². The maximum atomic E-state index is 13.1. The number of esters is 1. The zero-order chi connectivity index (χ0) is 24.5. The van der Waals surface area contributed by atoms with Crippen LogP contribution in [0.25, 0.3) is 10.9 Å². The molecule has 0 atom stereocenters. The Hall–Kier alpha value is -4.26. The Kier molecular flexibility index (Phi) is 5.91. The van der Waals surface area contributed by atoms with E-state index in [1.54, 1.807) is 12.1 Å². The van der Waals surface area contributed by atoms with Crippen LogP contribution in [0.15, 0.2) is 64.1 Å². The molecule has 7 nitrogen and oxygen atoms in total. The van der Waals surface area contributed by atoms with E-state index >= 15 is 0 Å². The molecule has 0 spiro atoms. The molecule has 176 valence electrons. The number of aromatic nitrogens is 1. The molecule has 0 unspecified atom stereocenters. The molecule has 35 heavy (non-hydrogen) atoms. The average molecular weight is 468 g/mol. The topological polar surface area (TPSA) is 93.8 Å². The minimum Gasteiger partial charge on any atom is -0.453 e. The molecule has 5 rings (SSSR count). The van der Waals surface area contributed by atoms with Crippen molar-refractivity contribution in [2.24, 2.45) is 5.10 Å². The molecule has 2 aromatic heterocycles. The van der Waals surface area contributed by atoms with Crippen LogP contribution in [0.4, 0.5) is 0 Å². The molecule has 1 aliphatic rings. The third-order valence-corrected chi connectivity index (χ3v) is 6.11. The lowest BCUT2D eigenvalue weighted by atomic mass is 9.93. The number of ether oxygens (including phenoxy) is 1. The monoisotopic (exact) mass is 467 g/mol. The largest absolute Gasteiger partial charge is 0.453 e. The van der Waals surface area contributed by atoms with E-state index in [9.17, 15) is 9.59 Å². The molecule has 0 aliphatic heterocycles. The summed E-state index contributed by atoms with van der Waals surface area (Å²) >= 11 is 0. The third kappa shape index (κ3) is 4.45. The molecule has 4 aromatic rings. The lowest BCUT2D eigenvalue weighted by Gasteiger charge is -2.13. The SMILES string of the molecule is Cc1cccc(C(=O)N/N=C2\CCCc3oc(C(=O)Oc4cccc5ccc(C)nc45)c(C)c32)c1. The summed E-state index contributed by atoms with van der Waals surface area (Å²) in [7, 11) is 0. The summed E-state index contributed by atoms with van der Waals surface area (Å²) in [5.41, 5.74) is 7.74. The van der Waals surface area contributed by atoms with Crippen molar-refractivity contribution >= 4 is 28.5 Å². The second kappa shape index (κ2) is 9.18. The van der Waals surface area contributed by atoms with Crippen LogP contribution in [0.2, 0.25) is 0 Å². The van der Waals surface area contributed by atoms with Gasteiger partial charge >= 0.3 is 5.97 Å². The Labute approximate surface area is 202 Å². The predicted molar refractivity (Wildman–Crippen MR) is 133 cm³/mol. The maximum Gasteiger partial charge on any atom is 0.380 e. The highest BCUT2D eigenvalue weighted by Gasteiger charge is 2.29. The fourth-order valence-electron chi connectivity index (χ4n) is 4.39. The molecule has 0 saturated heterocycles. The zero-order valence-electron chi connectivity index (χ0n) is 19.8. The highest BCUT2D eigenvalue weighted by molar-refractivity contribution is 6.07. The molecule has 2 aromatic carbocycles. The number of hydrazone groups is 1. The first kappa shape index (κ1) is 22.5. The van der Waals surface area contributed by atoms with Gasteiger partial charge in [-0.1, -0.05) is 35.9 Å². The van der Waals surface area contributed by atoms with Crippen molar-refractivity contribution in [1.29, 1.82) is 0 Å². The van der Waals surface area contributed by atoms with Crippen LogP contribution >= 0.6 is 0 Å². The number of rotatable bonds is 4. The smallest absolute Gasteiger partial charge is 0.380 e. The van der Waals surface area contributed by atoms with Gasteiger partial charge in [-0.3, -0.25) is 4.79 Å². The summed E-state index contributed by atoms with van der Waals surface area (Å²) in [6.45, 7) is 5.63. The molecule has 1 N–H and O–H groups in total. The standard InChI is InChI=1S/C28H25N3O4/c1-16-7-4-9-20(15-16)27(32)31-30-21-10-6-11-22-24(21)18(3)26(34-22)28(33)35-23-12-5-8-19-14-13-17(2)29-25(19)23/h4-5,7-9,12-15H,6,10-11H2,1-3H3,(H,31,32)/b30-21+. The number of nitrogens with one attached hydrogen (secondary N) is 1. The predicted octanol–water partition coefficient (Wildman–Crippen LogP) is 5.44. The van der Waals surface area contributed by atoms with E-state index in [-0.39, 0.29) is 11.7 Å². The molecule has 0 radical (unpaired) electrons. The first-order valence-corrected chi connectivity index (χ1v) is 11.6. The van der Waals surface area contributed by atoms with Crippen LogP contribution in [0.5, 0.6) is 5.75 Å². The number of hydrogen-bond acceptors (Lipinski definition) is 6. The quantitative estimate of drug-likeness (QED) is 0.245. The fourth-order valence-corrected chi connectivity index (χ4v) is 4.39. The van der Waals surface area contributed by atoms with Crippen LogP contribution in [0.1, 0.15) is 61.9 Å². The molecule has 0 fully saturated rings. The maximum absolute atomic E-state index is 13.1. The van der Waals surface area contributed by atoms with Gasteiger partial charge in [-0.05, 0) is 57.9 Å². The second-order valence-corrected chi connectivity index (χ2v) is 8.75. The fraction of sp³-hybridized carbons (Fsp3) is 0.214. The first-order chi connectivity index (χ1) is 16.9. The number of hydrogen-bond donors (Lipinski definition) is 1. The molecule has 7 heteroatoms. The lowest BCUT2D eigenvalue weighted by Crippen LogP contribution is -2.22. The molecule has 0 saturated carbocycles. The first-order valence-electron chi connectivity index (χ1n) is 11.6. The van der Waals surface area contributed by atoms with E-state index in [1.807, 2.05) is 63.2 Å². The summed E-state index contributed by atoms with van der Waals surface area (Å²) in [6, 6.07) is 16.6. The molecular formula is C28H25N3O4. The lowest BCUT2D eigenvalue weighted by molar-refractivity contribution is 0.0700. The number of aryl methyl sites for hydroxylation is 3. The summed E-state index contributed by atoms with van der Waals surface area (Å²) in [5.74, 6) is 0.323. The summed E-state index contributed by atoms with van der Waals surface area (Å²) < 4.78 is 11.7. The van der Waals surface area contributed by atoms with Gasteiger partial charge in [-0.2, -0.15) is 5.10 Å². The van der Waals surface area contributed by atoms with Crippen LogP contribution in [0.3, 0.4) is 0 Å². The van der Waals surface area contributed by atoms with Crippen molar-refractivity contribution in [2.75, 3.05) is 0 Å². The zero-order valence-corrected chi connectivity index (χ0v) is 19.8. The summed E-state index contributed by atoms with van der Waals surface area (Å²) in [6.07, 6.45) is 2.16. The summed E-state index contributed by atoms with van der Waals surface area (Å²) in [4.78, 5) is 30.2. The van der Waals surface area contributed by atoms with E-state index < -0.39 is 5.97 Å². The number of carbonyl (C=O) groups is 2. The van der Waals surface area contributed by atoms with Crippen LogP contribution in [-0.2, 0) is 6.42 Å². The molecule has 0 bridgehead atoms. The summed E-state index contributed by atoms with van der Waals surface area (Å²) in [5, 5.41) is 5.28. The number of nitrogens with zero attached hydrogens (tertiary/aromatic N) is 2. The molecule has 1 aliphatic carbocycles. The van der Waals surface area contributed by atoms with Gasteiger partial charge in [-0.25, -0.2) is 15.2 Å². The van der Waals surface area contributed by atoms with Gasteiger partial charge in [0.1, 0.15) is 11.3 Å². The number of carbonyl (C=O) groups excluding carboxylic acids is 2. The Morgan fingerprint density at radius 2 is 1.86 bits per heavy atom. The van der Waals surface area contributed by atoms with Crippen LogP contribution in [-0.4, -0.2) is 22.6 Å². The van der Waals surface area contributed by atoms with Crippen molar-refractivity contribution in [3.8, 4) is 5.75 Å². The van der Waals surface area contributed by atoms with Gasteiger partial charge in [0, 0.05) is 34.2 Å². The van der Waals surface area contributed by atoms with E-state index in [4.69, 9.17) is 9.15 Å². The normalized spacial score (nSPS) is 14.1. The Morgan fingerprint density at radius 1 is 1.03 bits per heavy atom. The highest BCUT2D eigenvalue weighted by atomic mass is 16.5. The average Bonchev–Trinajstić information content (AvgIpc) is 3.20. The number of benzene rings is 2. The van der Waals surface area contributed by atoms with Gasteiger partial charge in [0.05, 0.1) is 5.71 Å². The van der Waals surface area contributed by atoms with Gasteiger partial charge in [0.15, 0.2) is 5.75 Å². The van der Waals surface area contributed by atoms with Gasteiger partial charge in [0.2, 0.25) is 5.76 Å². The van der Waals surface area contributed by atoms with Crippen LogP contribution in [0, 0.1) is 20.8 Å². The van der Waals surface area contributed by atoms with Crippen molar-refractivity contribution in [3.63, 3.8) is 0 Å². The van der Waals surface area contributed by atoms with E-state index in [0.717, 1.165) is 28.6 Å². The minimum atomic E-state index is -0.587. The second-order valence-electron chi connectivity index (χ2n) is 8.75. The Morgan fingerprint density at radius 3 is 2.69 bits per heavy atom. The Bertz CT molecular complexity index is 1500. The number of fused-ring (bicyclic) bond motifs is 2. The highest BCUT2D eigenvalue weighted by Crippen LogP contribution is 2.31. The number of para-hydroxylation sites is 1. The van der Waals surface area contributed by atoms with Gasteiger partial charge in [0.25, 0.3) is 5.91 Å². The number of pyridine rings is 1. The molecule has 1 amide bonds. The Balaban J connectivity index is 1.42. The van der Waals surface area contributed by atoms with Crippen LogP contribution < -0.4 is 10.2 Å². The third-order valence-electron chi connectivity index (χ3n) is 6.11. The van der Waals surface area contributed by atoms with Crippen molar-refractivity contribution in [3.05, 3.63) is 94.1 Å². The molecule has 2 heterocycles.